The summed E-state index contributed by atoms with van der Waals surface area (Å²) < 4.78 is 1.98. The molecule has 1 aromatic rings. The van der Waals surface area contributed by atoms with E-state index in [1.54, 1.807) is 11.8 Å². The Morgan fingerprint density at radius 3 is 2.75 bits per heavy atom. The third kappa shape index (κ3) is 3.40. The van der Waals surface area contributed by atoms with Crippen molar-refractivity contribution in [2.45, 2.75) is 39.0 Å². The van der Waals surface area contributed by atoms with Crippen molar-refractivity contribution in [3.05, 3.63) is 16.4 Å². The van der Waals surface area contributed by atoms with Gasteiger partial charge in [-0.1, -0.05) is 18.5 Å². The number of hydrogen-bond acceptors (Lipinski definition) is 3. The highest BCUT2D eigenvalue weighted by molar-refractivity contribution is 7.98. The number of aromatic nitrogens is 2. The Labute approximate surface area is 106 Å². The van der Waals surface area contributed by atoms with Crippen LogP contribution in [0, 0.1) is 0 Å². The van der Waals surface area contributed by atoms with Gasteiger partial charge < -0.3 is 5.11 Å². The van der Waals surface area contributed by atoms with Crippen molar-refractivity contribution >= 4 is 23.4 Å². The zero-order valence-electron chi connectivity index (χ0n) is 9.87. The molecule has 0 aliphatic rings. The van der Waals surface area contributed by atoms with Crippen molar-refractivity contribution < 1.29 is 5.11 Å². The SMILES string of the molecule is CCc1nn(CC)c(CSCCCO)c1Cl. The van der Waals surface area contributed by atoms with Gasteiger partial charge in [-0.15, -0.1) is 0 Å². The third-order valence-electron chi connectivity index (χ3n) is 2.38. The Bertz CT molecular complexity index is 328. The molecule has 1 aromatic heterocycles. The summed E-state index contributed by atoms with van der Waals surface area (Å²) >= 11 is 8.07. The summed E-state index contributed by atoms with van der Waals surface area (Å²) in [5.74, 6) is 1.84. The fourth-order valence-corrected chi connectivity index (χ4v) is 2.87. The highest BCUT2D eigenvalue weighted by atomic mass is 35.5. The quantitative estimate of drug-likeness (QED) is 0.768. The first-order valence-electron chi connectivity index (χ1n) is 5.67. The molecule has 0 aromatic carbocycles. The van der Waals surface area contributed by atoms with Crippen LogP contribution in [0.25, 0.3) is 0 Å². The van der Waals surface area contributed by atoms with Gasteiger partial charge in [0.1, 0.15) is 0 Å². The Morgan fingerprint density at radius 2 is 2.19 bits per heavy atom. The molecule has 0 saturated heterocycles. The van der Waals surface area contributed by atoms with E-state index in [4.69, 9.17) is 16.7 Å². The summed E-state index contributed by atoms with van der Waals surface area (Å²) in [6, 6.07) is 0. The van der Waals surface area contributed by atoms with Crippen molar-refractivity contribution in [2.75, 3.05) is 12.4 Å². The zero-order chi connectivity index (χ0) is 12.0. The van der Waals surface area contributed by atoms with E-state index >= 15 is 0 Å². The molecule has 0 saturated carbocycles. The van der Waals surface area contributed by atoms with Crippen LogP contribution in [-0.4, -0.2) is 27.2 Å². The number of aryl methyl sites for hydroxylation is 2. The smallest absolute Gasteiger partial charge is 0.0858 e. The molecule has 0 fully saturated rings. The average Bonchev–Trinajstić information content (AvgIpc) is 2.61. The average molecular weight is 263 g/mol. The fraction of sp³-hybridized carbons (Fsp3) is 0.727. The molecular weight excluding hydrogens is 244 g/mol. The number of thioether (sulfide) groups is 1. The zero-order valence-corrected chi connectivity index (χ0v) is 11.4. The number of rotatable bonds is 7. The molecule has 0 amide bonds. The molecule has 16 heavy (non-hydrogen) atoms. The molecule has 0 aliphatic heterocycles. The predicted octanol–water partition coefficient (Wildman–Crippen LogP) is 2.73. The van der Waals surface area contributed by atoms with Crippen LogP contribution >= 0.6 is 23.4 Å². The van der Waals surface area contributed by atoms with E-state index < -0.39 is 0 Å². The maximum Gasteiger partial charge on any atom is 0.0858 e. The molecule has 1 heterocycles. The Kier molecular flexibility index (Phi) is 6.24. The molecule has 1 N–H and O–H groups in total. The van der Waals surface area contributed by atoms with Crippen molar-refractivity contribution in [2.24, 2.45) is 0 Å². The van der Waals surface area contributed by atoms with Crippen molar-refractivity contribution in [1.29, 1.82) is 0 Å². The summed E-state index contributed by atoms with van der Waals surface area (Å²) in [5, 5.41) is 14.0. The van der Waals surface area contributed by atoms with Gasteiger partial charge in [0, 0.05) is 18.9 Å². The van der Waals surface area contributed by atoms with Crippen LogP contribution in [0.1, 0.15) is 31.7 Å². The van der Waals surface area contributed by atoms with Crippen LogP contribution in [-0.2, 0) is 18.7 Å². The minimum atomic E-state index is 0.258. The minimum Gasteiger partial charge on any atom is -0.396 e. The number of aliphatic hydroxyl groups excluding tert-OH is 1. The Morgan fingerprint density at radius 1 is 1.44 bits per heavy atom. The number of halogens is 1. The van der Waals surface area contributed by atoms with Gasteiger partial charge in [-0.3, -0.25) is 4.68 Å². The van der Waals surface area contributed by atoms with Crippen LogP contribution in [0.15, 0.2) is 0 Å². The number of aliphatic hydroxyl groups is 1. The summed E-state index contributed by atoms with van der Waals surface area (Å²) in [6.45, 7) is 5.26. The number of hydrogen-bond donors (Lipinski definition) is 1. The first kappa shape index (κ1) is 13.9. The Balaban J connectivity index is 2.65. The lowest BCUT2D eigenvalue weighted by molar-refractivity contribution is 0.296. The second-order valence-corrected chi connectivity index (χ2v) is 4.99. The van der Waals surface area contributed by atoms with Crippen molar-refractivity contribution in [1.82, 2.24) is 9.78 Å². The minimum absolute atomic E-state index is 0.258. The molecule has 92 valence electrons. The molecule has 0 spiro atoms. The van der Waals surface area contributed by atoms with Crippen molar-refractivity contribution in [3.63, 3.8) is 0 Å². The topological polar surface area (TPSA) is 38.0 Å². The second-order valence-electron chi connectivity index (χ2n) is 3.51. The van der Waals surface area contributed by atoms with Gasteiger partial charge in [-0.05, 0) is 25.5 Å². The maximum absolute atomic E-state index is 8.70. The van der Waals surface area contributed by atoms with E-state index in [-0.39, 0.29) is 6.61 Å². The molecule has 1 rings (SSSR count). The van der Waals surface area contributed by atoms with Crippen LogP contribution in [0.5, 0.6) is 0 Å². The maximum atomic E-state index is 8.70. The van der Waals surface area contributed by atoms with Gasteiger partial charge >= 0.3 is 0 Å². The molecule has 0 unspecified atom stereocenters. The Hall–Kier alpha value is -0.190. The molecule has 0 aliphatic carbocycles. The van der Waals surface area contributed by atoms with Gasteiger partial charge in [0.05, 0.1) is 16.4 Å². The van der Waals surface area contributed by atoms with E-state index in [1.807, 2.05) is 4.68 Å². The van der Waals surface area contributed by atoms with Gasteiger partial charge in [-0.25, -0.2) is 0 Å². The van der Waals surface area contributed by atoms with Crippen LogP contribution in [0.2, 0.25) is 5.02 Å². The van der Waals surface area contributed by atoms with Gasteiger partial charge in [0.2, 0.25) is 0 Å². The van der Waals surface area contributed by atoms with Gasteiger partial charge in [0.25, 0.3) is 0 Å². The lowest BCUT2D eigenvalue weighted by atomic mass is 10.3. The van der Waals surface area contributed by atoms with Gasteiger partial charge in [-0.2, -0.15) is 16.9 Å². The first-order chi connectivity index (χ1) is 7.74. The largest absolute Gasteiger partial charge is 0.396 e. The molecule has 3 nitrogen and oxygen atoms in total. The van der Waals surface area contributed by atoms with E-state index in [2.05, 4.69) is 18.9 Å². The molecule has 5 heteroatoms. The normalized spacial score (nSPS) is 11.0. The predicted molar refractivity (Wildman–Crippen MR) is 70.2 cm³/mol. The fourth-order valence-electron chi connectivity index (χ4n) is 1.49. The van der Waals surface area contributed by atoms with Crippen molar-refractivity contribution in [3.8, 4) is 0 Å². The number of nitrogens with zero attached hydrogens (tertiary/aromatic N) is 2. The highest BCUT2D eigenvalue weighted by Gasteiger charge is 2.13. The summed E-state index contributed by atoms with van der Waals surface area (Å²) in [6.07, 6.45) is 1.71. The van der Waals surface area contributed by atoms with E-state index in [0.29, 0.717) is 0 Å². The first-order valence-corrected chi connectivity index (χ1v) is 7.20. The highest BCUT2D eigenvalue weighted by Crippen LogP contribution is 2.25. The lowest BCUT2D eigenvalue weighted by Gasteiger charge is -2.04. The van der Waals surface area contributed by atoms with E-state index in [9.17, 15) is 0 Å². The molecule has 0 atom stereocenters. The van der Waals surface area contributed by atoms with Crippen LogP contribution < -0.4 is 0 Å². The second kappa shape index (κ2) is 7.20. The van der Waals surface area contributed by atoms with Crippen LogP contribution in [0.3, 0.4) is 0 Å². The molecular formula is C11H19ClN2OS. The van der Waals surface area contributed by atoms with Crippen LogP contribution in [0.4, 0.5) is 0 Å². The lowest BCUT2D eigenvalue weighted by Crippen LogP contribution is -2.02. The third-order valence-corrected chi connectivity index (χ3v) is 3.87. The monoisotopic (exact) mass is 262 g/mol. The molecule has 0 radical (unpaired) electrons. The molecule has 0 bridgehead atoms. The van der Waals surface area contributed by atoms with E-state index in [0.717, 1.165) is 47.3 Å². The summed E-state index contributed by atoms with van der Waals surface area (Å²) in [5.41, 5.74) is 2.10. The van der Waals surface area contributed by atoms with Gasteiger partial charge in [0.15, 0.2) is 0 Å². The summed E-state index contributed by atoms with van der Waals surface area (Å²) in [7, 11) is 0. The standard InChI is InChI=1S/C11H19ClN2OS/c1-3-9-11(12)10(14(4-2)13-9)8-16-7-5-6-15/h15H,3-8H2,1-2H3. The van der Waals surface area contributed by atoms with E-state index in [1.165, 1.54) is 0 Å². The summed E-state index contributed by atoms with van der Waals surface area (Å²) in [4.78, 5) is 0.